The molecule has 0 amide bonds. The molecule has 5 nitrogen and oxygen atoms in total. The van der Waals surface area contributed by atoms with E-state index in [1.807, 2.05) is 12.0 Å². The second-order valence-electron chi connectivity index (χ2n) is 3.07. The number of hydrogen-bond acceptors (Lipinski definition) is 5. The van der Waals surface area contributed by atoms with Crippen molar-refractivity contribution in [3.8, 4) is 0 Å². The van der Waals surface area contributed by atoms with Gasteiger partial charge in [-0.3, -0.25) is 0 Å². The van der Waals surface area contributed by atoms with E-state index in [0.717, 1.165) is 14.7 Å². The highest BCUT2D eigenvalue weighted by Gasteiger charge is 1.98. The van der Waals surface area contributed by atoms with Gasteiger partial charge in [-0.05, 0) is 12.2 Å². The monoisotopic (exact) mass is 246 g/mol. The van der Waals surface area contributed by atoms with E-state index >= 15 is 0 Å². The summed E-state index contributed by atoms with van der Waals surface area (Å²) in [6.45, 7) is 3.38. The van der Waals surface area contributed by atoms with Crippen LogP contribution in [0.1, 0.15) is 0 Å². The molecule has 0 aromatic heterocycles. The maximum atomic E-state index is 5.39. The Bertz CT molecular complexity index is 234. The summed E-state index contributed by atoms with van der Waals surface area (Å²) in [5.41, 5.74) is 5.27. The molecule has 0 aromatic carbocycles. The molecular formula is C10H19N2O3P. The van der Waals surface area contributed by atoms with Gasteiger partial charge < -0.3 is 19.9 Å². The number of nitrogens with two attached hydrogens (primary N) is 1. The van der Waals surface area contributed by atoms with E-state index in [0.29, 0.717) is 45.5 Å². The molecule has 0 spiro atoms. The fourth-order valence-electron chi connectivity index (χ4n) is 1.07. The van der Waals surface area contributed by atoms with E-state index in [4.69, 9.17) is 19.9 Å². The minimum absolute atomic E-state index is 0.531. The summed E-state index contributed by atoms with van der Waals surface area (Å²) in [5.74, 6) is 2.61. The molecule has 0 aromatic rings. The van der Waals surface area contributed by atoms with E-state index in [9.17, 15) is 0 Å². The summed E-state index contributed by atoms with van der Waals surface area (Å²) < 4.78 is 15.9. The Morgan fingerprint density at radius 2 is 1.94 bits per heavy atom. The van der Waals surface area contributed by atoms with E-state index in [2.05, 4.69) is 4.99 Å². The van der Waals surface area contributed by atoms with Crippen LogP contribution < -0.4 is 5.73 Å². The highest BCUT2D eigenvalue weighted by molar-refractivity contribution is 7.55. The lowest BCUT2D eigenvalue weighted by Gasteiger charge is -2.09. The summed E-state index contributed by atoms with van der Waals surface area (Å²) in [7, 11) is 0.787. The molecule has 0 saturated heterocycles. The summed E-state index contributed by atoms with van der Waals surface area (Å²) in [6.07, 6.45) is 3.04. The zero-order valence-corrected chi connectivity index (χ0v) is 10.4. The molecule has 0 radical (unpaired) electrons. The van der Waals surface area contributed by atoms with Crippen molar-refractivity contribution in [3.05, 3.63) is 12.0 Å². The van der Waals surface area contributed by atoms with Gasteiger partial charge in [-0.25, -0.2) is 4.99 Å². The van der Waals surface area contributed by atoms with E-state index < -0.39 is 0 Å². The third-order valence-corrected chi connectivity index (χ3v) is 2.54. The Balaban J connectivity index is 1.84. The van der Waals surface area contributed by atoms with Crippen LogP contribution in [0.15, 0.2) is 17.0 Å². The van der Waals surface area contributed by atoms with Crippen LogP contribution in [0.3, 0.4) is 0 Å². The van der Waals surface area contributed by atoms with Crippen molar-refractivity contribution >= 4 is 14.5 Å². The van der Waals surface area contributed by atoms with Crippen LogP contribution in [-0.2, 0) is 14.2 Å². The number of aliphatic imine (C=N–C) groups is 1. The van der Waals surface area contributed by atoms with Crippen molar-refractivity contribution in [1.82, 2.24) is 0 Å². The molecular weight excluding hydrogens is 227 g/mol. The fraction of sp³-hybridized carbons (Fsp3) is 0.700. The minimum Gasteiger partial charge on any atom is -0.475 e. The Hall–Kier alpha value is -0.480. The lowest BCUT2D eigenvalue weighted by molar-refractivity contribution is 0.0288. The third-order valence-electron chi connectivity index (χ3n) is 1.79. The van der Waals surface area contributed by atoms with Crippen LogP contribution in [0.5, 0.6) is 0 Å². The molecule has 0 bridgehead atoms. The van der Waals surface area contributed by atoms with Crippen LogP contribution in [-0.4, -0.2) is 51.7 Å². The molecule has 92 valence electrons. The molecule has 1 aliphatic heterocycles. The molecule has 0 saturated carbocycles. The Kier molecular flexibility index (Phi) is 8.26. The van der Waals surface area contributed by atoms with Gasteiger partial charge in [0.05, 0.1) is 26.4 Å². The molecule has 6 heteroatoms. The Morgan fingerprint density at radius 1 is 1.19 bits per heavy atom. The molecule has 1 atom stereocenters. The molecule has 2 N–H and O–H groups in total. The van der Waals surface area contributed by atoms with Crippen molar-refractivity contribution in [1.29, 1.82) is 0 Å². The SMILES string of the molecule is NCCOCCOCCOC1=CCPC=N1. The lowest BCUT2D eigenvalue weighted by atomic mass is 10.6. The van der Waals surface area contributed by atoms with E-state index in [1.54, 1.807) is 0 Å². The van der Waals surface area contributed by atoms with Gasteiger partial charge in [0.2, 0.25) is 5.88 Å². The Labute approximate surface area is 97.8 Å². The summed E-state index contributed by atoms with van der Waals surface area (Å²) in [4.78, 5) is 4.12. The summed E-state index contributed by atoms with van der Waals surface area (Å²) >= 11 is 0. The topological polar surface area (TPSA) is 66.1 Å². The molecule has 1 aliphatic rings. The molecule has 1 rings (SSSR count). The maximum absolute atomic E-state index is 5.39. The quantitative estimate of drug-likeness (QED) is 0.477. The van der Waals surface area contributed by atoms with Crippen LogP contribution in [0.2, 0.25) is 0 Å². The first-order chi connectivity index (χ1) is 7.93. The van der Waals surface area contributed by atoms with Crippen molar-refractivity contribution < 1.29 is 14.2 Å². The molecule has 0 fully saturated rings. The molecule has 16 heavy (non-hydrogen) atoms. The van der Waals surface area contributed by atoms with Crippen LogP contribution >= 0.6 is 8.58 Å². The molecule has 1 unspecified atom stereocenters. The zero-order valence-electron chi connectivity index (χ0n) is 9.35. The summed E-state index contributed by atoms with van der Waals surface area (Å²) in [6, 6.07) is 0. The van der Waals surface area contributed by atoms with Crippen molar-refractivity contribution in [3.63, 3.8) is 0 Å². The minimum atomic E-state index is 0.531. The highest BCUT2D eigenvalue weighted by atomic mass is 31.1. The average molecular weight is 246 g/mol. The van der Waals surface area contributed by atoms with Gasteiger partial charge in [0.1, 0.15) is 6.61 Å². The number of rotatable bonds is 9. The van der Waals surface area contributed by atoms with Crippen molar-refractivity contribution in [2.75, 3.05) is 45.7 Å². The van der Waals surface area contributed by atoms with Crippen LogP contribution in [0, 0.1) is 0 Å². The third kappa shape index (κ3) is 6.90. The van der Waals surface area contributed by atoms with Crippen molar-refractivity contribution in [2.24, 2.45) is 10.7 Å². The van der Waals surface area contributed by atoms with Gasteiger partial charge in [0.15, 0.2) is 0 Å². The number of nitrogens with zero attached hydrogens (tertiary/aromatic N) is 1. The highest BCUT2D eigenvalue weighted by Crippen LogP contribution is 2.14. The predicted molar refractivity (Wildman–Crippen MR) is 66.4 cm³/mol. The first kappa shape index (κ1) is 13.6. The summed E-state index contributed by atoms with van der Waals surface area (Å²) in [5, 5.41) is 0. The second kappa shape index (κ2) is 9.73. The Morgan fingerprint density at radius 3 is 2.62 bits per heavy atom. The zero-order chi connectivity index (χ0) is 11.5. The van der Waals surface area contributed by atoms with Crippen LogP contribution in [0.25, 0.3) is 0 Å². The van der Waals surface area contributed by atoms with Gasteiger partial charge in [-0.15, -0.1) is 0 Å². The van der Waals surface area contributed by atoms with Gasteiger partial charge in [-0.2, -0.15) is 0 Å². The average Bonchev–Trinajstić information content (AvgIpc) is 2.34. The van der Waals surface area contributed by atoms with E-state index in [-0.39, 0.29) is 0 Å². The molecule has 0 aliphatic carbocycles. The van der Waals surface area contributed by atoms with Gasteiger partial charge >= 0.3 is 0 Å². The smallest absolute Gasteiger partial charge is 0.209 e. The number of allylic oxidation sites excluding steroid dienone is 1. The fourth-order valence-corrected chi connectivity index (χ4v) is 1.68. The van der Waals surface area contributed by atoms with Crippen molar-refractivity contribution in [2.45, 2.75) is 0 Å². The number of hydrogen-bond donors (Lipinski definition) is 1. The maximum Gasteiger partial charge on any atom is 0.209 e. The largest absolute Gasteiger partial charge is 0.475 e. The first-order valence-corrected chi connectivity index (χ1v) is 6.66. The first-order valence-electron chi connectivity index (χ1n) is 5.38. The van der Waals surface area contributed by atoms with E-state index in [1.165, 1.54) is 0 Å². The van der Waals surface area contributed by atoms with Gasteiger partial charge in [0, 0.05) is 12.5 Å². The van der Waals surface area contributed by atoms with Gasteiger partial charge in [0.25, 0.3) is 0 Å². The standard InChI is InChI=1S/C10H19N2O3P/c11-2-3-13-4-5-14-6-7-15-10-1-8-16-9-12-10/h1,9,16H,2-8,11H2. The lowest BCUT2D eigenvalue weighted by Crippen LogP contribution is -2.13. The van der Waals surface area contributed by atoms with Gasteiger partial charge in [-0.1, -0.05) is 8.58 Å². The molecule has 1 heterocycles. The normalized spacial score (nSPS) is 16.4. The van der Waals surface area contributed by atoms with Crippen LogP contribution in [0.4, 0.5) is 0 Å². The second-order valence-corrected chi connectivity index (χ2v) is 4.15. The number of ether oxygens (including phenoxy) is 3. The predicted octanol–water partition coefficient (Wildman–Crippen LogP) is 0.557.